The first-order valence-electron chi connectivity index (χ1n) is 9.79. The average molecular weight is 400 g/mol. The van der Waals surface area contributed by atoms with Crippen molar-refractivity contribution in [3.8, 4) is 0 Å². The number of aliphatic carboxylic acids is 1. The molecule has 1 atom stereocenters. The third-order valence-corrected chi connectivity index (χ3v) is 6.34. The molecule has 0 aromatic rings. The van der Waals surface area contributed by atoms with Gasteiger partial charge in [-0.25, -0.2) is 0 Å². The first-order chi connectivity index (χ1) is 12.6. The Kier molecular flexibility index (Phi) is 10.1. The van der Waals surface area contributed by atoms with Gasteiger partial charge >= 0.3 is 5.97 Å². The molecule has 0 bridgehead atoms. The van der Waals surface area contributed by atoms with E-state index in [1.54, 1.807) is 13.8 Å². The Morgan fingerprint density at radius 3 is 2.07 bits per heavy atom. The number of Topliss-reactive ketones (excluding diaryl/α,β-unsaturated/α-hetero) is 2. The summed E-state index contributed by atoms with van der Waals surface area (Å²) in [6.07, 6.45) is 3.21. The number of hydrogen-bond donors (Lipinski definition) is 2. The molecular formula is C20H33NO5S. The summed E-state index contributed by atoms with van der Waals surface area (Å²) in [6, 6.07) is 0. The number of rotatable bonds is 11. The quantitative estimate of drug-likeness (QED) is 0.554. The number of carboxylic acid groups (broad SMARTS) is 1. The molecule has 1 fully saturated rings. The zero-order valence-corrected chi connectivity index (χ0v) is 17.6. The van der Waals surface area contributed by atoms with E-state index in [9.17, 15) is 19.2 Å². The molecule has 2 N–H and O–H groups in total. The van der Waals surface area contributed by atoms with Crippen LogP contribution >= 0.6 is 11.8 Å². The van der Waals surface area contributed by atoms with Crippen LogP contribution in [0.15, 0.2) is 0 Å². The van der Waals surface area contributed by atoms with E-state index in [0.717, 1.165) is 37.4 Å². The number of thioether (sulfide) groups is 1. The summed E-state index contributed by atoms with van der Waals surface area (Å²) in [5.41, 5.74) is 0. The van der Waals surface area contributed by atoms with Crippen LogP contribution in [0.25, 0.3) is 0 Å². The van der Waals surface area contributed by atoms with Crippen molar-refractivity contribution in [1.82, 2.24) is 5.32 Å². The molecule has 1 aliphatic rings. The van der Waals surface area contributed by atoms with Gasteiger partial charge in [0.25, 0.3) is 0 Å². The fourth-order valence-corrected chi connectivity index (χ4v) is 4.41. The molecule has 0 saturated heterocycles. The molecule has 1 saturated carbocycles. The van der Waals surface area contributed by atoms with Gasteiger partial charge in [-0.2, -0.15) is 0 Å². The molecule has 1 unspecified atom stereocenters. The van der Waals surface area contributed by atoms with E-state index in [4.69, 9.17) is 5.11 Å². The van der Waals surface area contributed by atoms with Gasteiger partial charge in [-0.3, -0.25) is 19.2 Å². The van der Waals surface area contributed by atoms with E-state index < -0.39 is 11.2 Å². The van der Waals surface area contributed by atoms with Crippen molar-refractivity contribution in [2.24, 2.45) is 23.7 Å². The summed E-state index contributed by atoms with van der Waals surface area (Å²) in [6.45, 7) is 7.93. The molecular weight excluding hydrogens is 366 g/mol. The first-order valence-corrected chi connectivity index (χ1v) is 10.8. The van der Waals surface area contributed by atoms with E-state index in [1.165, 1.54) is 0 Å². The minimum Gasteiger partial charge on any atom is -0.481 e. The van der Waals surface area contributed by atoms with Crippen molar-refractivity contribution in [3.63, 3.8) is 0 Å². The summed E-state index contributed by atoms with van der Waals surface area (Å²) in [7, 11) is 0. The predicted molar refractivity (Wildman–Crippen MR) is 107 cm³/mol. The number of hydrogen-bond acceptors (Lipinski definition) is 5. The number of ketones is 2. The van der Waals surface area contributed by atoms with Crippen LogP contribution in [0, 0.1) is 23.7 Å². The van der Waals surface area contributed by atoms with Crippen LogP contribution in [0.1, 0.15) is 59.8 Å². The maximum absolute atomic E-state index is 12.4. The van der Waals surface area contributed by atoms with Gasteiger partial charge in [0.05, 0.1) is 17.4 Å². The van der Waals surface area contributed by atoms with E-state index >= 15 is 0 Å². The highest BCUT2D eigenvalue weighted by Crippen LogP contribution is 2.30. The molecule has 0 spiro atoms. The highest BCUT2D eigenvalue weighted by molar-refractivity contribution is 8.01. The molecule has 1 rings (SSSR count). The van der Waals surface area contributed by atoms with Crippen LogP contribution < -0.4 is 5.32 Å². The second kappa shape index (κ2) is 11.5. The number of carboxylic acids is 1. The average Bonchev–Trinajstić information content (AvgIpc) is 2.62. The molecule has 27 heavy (non-hydrogen) atoms. The zero-order chi connectivity index (χ0) is 20.6. The third kappa shape index (κ3) is 8.45. The van der Waals surface area contributed by atoms with Crippen LogP contribution in [0.2, 0.25) is 0 Å². The summed E-state index contributed by atoms with van der Waals surface area (Å²) >= 11 is 1.10. The van der Waals surface area contributed by atoms with Crippen molar-refractivity contribution >= 4 is 35.2 Å². The van der Waals surface area contributed by atoms with Crippen molar-refractivity contribution in [2.75, 3.05) is 12.3 Å². The Bertz CT molecular complexity index is 538. The second-order valence-corrected chi connectivity index (χ2v) is 9.23. The maximum atomic E-state index is 12.4. The highest BCUT2D eigenvalue weighted by Gasteiger charge is 2.29. The standard InChI is InChI=1S/C20H33NO5S/c1-12(2)16(22)11-27-17(9-18(23)24)20(26)21-10-14-5-7-15(8-6-14)19(25)13(3)4/h12-15,17H,5-11H2,1-4H3,(H,21,26)(H,23,24). The Labute approximate surface area is 166 Å². The van der Waals surface area contributed by atoms with Crippen LogP contribution in [-0.2, 0) is 19.2 Å². The smallest absolute Gasteiger partial charge is 0.305 e. The maximum Gasteiger partial charge on any atom is 0.305 e. The molecule has 1 aliphatic carbocycles. The van der Waals surface area contributed by atoms with E-state index in [1.807, 2.05) is 13.8 Å². The Hall–Kier alpha value is -1.37. The van der Waals surface area contributed by atoms with Gasteiger partial charge < -0.3 is 10.4 Å². The molecule has 0 aromatic carbocycles. The zero-order valence-electron chi connectivity index (χ0n) is 16.8. The first kappa shape index (κ1) is 23.7. The van der Waals surface area contributed by atoms with Gasteiger partial charge in [-0.15, -0.1) is 11.8 Å². The van der Waals surface area contributed by atoms with Gasteiger partial charge in [0.15, 0.2) is 0 Å². The van der Waals surface area contributed by atoms with Gasteiger partial charge in [0.1, 0.15) is 11.6 Å². The molecule has 0 radical (unpaired) electrons. The monoisotopic (exact) mass is 399 g/mol. The lowest BCUT2D eigenvalue weighted by Crippen LogP contribution is -2.39. The van der Waals surface area contributed by atoms with Crippen molar-refractivity contribution in [2.45, 2.75) is 65.0 Å². The minimum absolute atomic E-state index is 0.0105. The van der Waals surface area contributed by atoms with Crippen LogP contribution in [-0.4, -0.2) is 46.1 Å². The van der Waals surface area contributed by atoms with Crippen LogP contribution in [0.3, 0.4) is 0 Å². The molecule has 1 amide bonds. The minimum atomic E-state index is -1.05. The normalized spacial score (nSPS) is 21.1. The van der Waals surface area contributed by atoms with E-state index in [2.05, 4.69) is 5.32 Å². The lowest BCUT2D eigenvalue weighted by molar-refractivity contribution is -0.138. The third-order valence-electron chi connectivity index (χ3n) is 5.11. The summed E-state index contributed by atoms with van der Waals surface area (Å²) in [5.74, 6) is -0.505. The fraction of sp³-hybridized carbons (Fsp3) is 0.800. The van der Waals surface area contributed by atoms with E-state index in [0.29, 0.717) is 18.2 Å². The lowest BCUT2D eigenvalue weighted by Gasteiger charge is -2.29. The van der Waals surface area contributed by atoms with E-state index in [-0.39, 0.29) is 41.6 Å². The van der Waals surface area contributed by atoms with Crippen LogP contribution in [0.5, 0.6) is 0 Å². The van der Waals surface area contributed by atoms with Crippen molar-refractivity contribution < 1.29 is 24.3 Å². The Morgan fingerprint density at radius 1 is 1.00 bits per heavy atom. The number of nitrogens with one attached hydrogen (secondary N) is 1. The fourth-order valence-electron chi connectivity index (χ4n) is 3.22. The summed E-state index contributed by atoms with van der Waals surface area (Å²) in [4.78, 5) is 47.3. The molecule has 6 nitrogen and oxygen atoms in total. The van der Waals surface area contributed by atoms with Gasteiger partial charge in [0.2, 0.25) is 5.91 Å². The molecule has 0 aliphatic heterocycles. The number of amides is 1. The molecule has 7 heteroatoms. The lowest BCUT2D eigenvalue weighted by atomic mass is 9.78. The highest BCUT2D eigenvalue weighted by atomic mass is 32.2. The topological polar surface area (TPSA) is 101 Å². The Morgan fingerprint density at radius 2 is 1.59 bits per heavy atom. The van der Waals surface area contributed by atoms with Crippen LogP contribution in [0.4, 0.5) is 0 Å². The van der Waals surface area contributed by atoms with Gasteiger partial charge in [0, 0.05) is 24.3 Å². The summed E-state index contributed by atoms with van der Waals surface area (Å²) < 4.78 is 0. The number of carbonyl (C=O) groups is 4. The summed E-state index contributed by atoms with van der Waals surface area (Å²) in [5, 5.41) is 11.1. The molecule has 0 aromatic heterocycles. The molecule has 0 heterocycles. The largest absolute Gasteiger partial charge is 0.481 e. The Balaban J connectivity index is 2.46. The second-order valence-electron chi connectivity index (χ2n) is 8.04. The van der Waals surface area contributed by atoms with Crippen molar-refractivity contribution in [3.05, 3.63) is 0 Å². The number of carbonyl (C=O) groups excluding carboxylic acids is 3. The van der Waals surface area contributed by atoms with Gasteiger partial charge in [-0.05, 0) is 31.6 Å². The molecule has 154 valence electrons. The predicted octanol–water partition coefficient (Wildman–Crippen LogP) is 2.94. The van der Waals surface area contributed by atoms with Crippen molar-refractivity contribution in [1.29, 1.82) is 0 Å². The SMILES string of the molecule is CC(C)C(=O)CSC(CC(=O)O)C(=O)NCC1CCC(C(=O)C(C)C)CC1. The van der Waals surface area contributed by atoms with Gasteiger partial charge in [-0.1, -0.05) is 27.7 Å².